The van der Waals surface area contributed by atoms with Gasteiger partial charge in [-0.1, -0.05) is 18.2 Å². The van der Waals surface area contributed by atoms with Crippen LogP contribution in [0.2, 0.25) is 0 Å². The van der Waals surface area contributed by atoms with Crippen molar-refractivity contribution in [1.82, 2.24) is 9.97 Å². The maximum absolute atomic E-state index is 14.6. The van der Waals surface area contributed by atoms with Crippen LogP contribution in [0.15, 0.2) is 59.3 Å². The predicted octanol–water partition coefficient (Wildman–Crippen LogP) is 2.67. The number of hydrogen-bond donors (Lipinski definition) is 0. The molecule has 0 saturated carbocycles. The van der Waals surface area contributed by atoms with Crippen molar-refractivity contribution < 1.29 is 23.2 Å². The van der Waals surface area contributed by atoms with Crippen molar-refractivity contribution in [3.05, 3.63) is 77.8 Å². The van der Waals surface area contributed by atoms with Crippen molar-refractivity contribution in [1.29, 1.82) is 0 Å². The molecule has 1 aliphatic rings. The highest BCUT2D eigenvalue weighted by Crippen LogP contribution is 2.40. The van der Waals surface area contributed by atoms with Gasteiger partial charge < -0.3 is 4.42 Å². The average molecular weight is 379 g/mol. The zero-order valence-electron chi connectivity index (χ0n) is 14.7. The van der Waals surface area contributed by atoms with Crippen LogP contribution in [0.5, 0.6) is 0 Å². The maximum atomic E-state index is 14.6. The first-order valence-electron chi connectivity index (χ1n) is 8.48. The van der Waals surface area contributed by atoms with Gasteiger partial charge in [-0.25, -0.2) is 14.4 Å². The molecule has 1 aromatic carbocycles. The highest BCUT2D eigenvalue weighted by molar-refractivity contribution is 6.48. The van der Waals surface area contributed by atoms with E-state index in [0.29, 0.717) is 5.76 Å². The van der Waals surface area contributed by atoms with Gasteiger partial charge >= 0.3 is 0 Å². The standard InChI is InChI=1S/C20H14FN3O4/c1-11-7-8-14(28-11)17(25)15-16(12-5-2-3-6-13(12)21)24(19(27)18(15)26)20-22-9-4-10-23-20/h2-10,15-16H,1H3. The maximum Gasteiger partial charge on any atom is 0.298 e. The Morgan fingerprint density at radius 2 is 1.79 bits per heavy atom. The van der Waals surface area contributed by atoms with Gasteiger partial charge in [0.1, 0.15) is 17.5 Å². The zero-order chi connectivity index (χ0) is 19.8. The van der Waals surface area contributed by atoms with Crippen LogP contribution in [-0.2, 0) is 9.59 Å². The molecule has 2 atom stereocenters. The molecule has 0 radical (unpaired) electrons. The van der Waals surface area contributed by atoms with E-state index in [2.05, 4.69) is 9.97 Å². The quantitative estimate of drug-likeness (QED) is 0.393. The third-order valence-electron chi connectivity index (χ3n) is 4.56. The van der Waals surface area contributed by atoms with Gasteiger partial charge in [0, 0.05) is 18.0 Å². The highest BCUT2D eigenvalue weighted by atomic mass is 19.1. The number of Topliss-reactive ketones (excluding diaryl/α,β-unsaturated/α-hetero) is 2. The monoisotopic (exact) mass is 379 g/mol. The lowest BCUT2D eigenvalue weighted by Crippen LogP contribution is -2.32. The summed E-state index contributed by atoms with van der Waals surface area (Å²) in [6.07, 6.45) is 2.78. The van der Waals surface area contributed by atoms with E-state index < -0.39 is 35.3 Å². The fourth-order valence-corrected chi connectivity index (χ4v) is 3.32. The third-order valence-corrected chi connectivity index (χ3v) is 4.56. The van der Waals surface area contributed by atoms with Gasteiger partial charge in [-0.2, -0.15) is 0 Å². The molecule has 28 heavy (non-hydrogen) atoms. The summed E-state index contributed by atoms with van der Waals surface area (Å²) in [4.78, 5) is 47.5. The van der Waals surface area contributed by atoms with Crippen LogP contribution >= 0.6 is 0 Å². The Morgan fingerprint density at radius 1 is 1.07 bits per heavy atom. The van der Waals surface area contributed by atoms with Gasteiger partial charge in [0.15, 0.2) is 5.76 Å². The third kappa shape index (κ3) is 2.79. The lowest BCUT2D eigenvalue weighted by molar-refractivity contribution is -0.135. The van der Waals surface area contributed by atoms with Gasteiger partial charge in [0.25, 0.3) is 5.91 Å². The molecule has 3 aromatic rings. The second-order valence-electron chi connectivity index (χ2n) is 6.31. The van der Waals surface area contributed by atoms with Crippen LogP contribution < -0.4 is 4.90 Å². The summed E-state index contributed by atoms with van der Waals surface area (Å²) in [7, 11) is 0. The van der Waals surface area contributed by atoms with Gasteiger partial charge in [0.2, 0.25) is 17.5 Å². The molecule has 1 saturated heterocycles. The second kappa shape index (κ2) is 6.80. The lowest BCUT2D eigenvalue weighted by atomic mass is 9.88. The number of ketones is 2. The molecule has 3 heterocycles. The number of anilines is 1. The molecule has 0 spiro atoms. The van der Waals surface area contributed by atoms with E-state index in [0.717, 1.165) is 4.90 Å². The Bertz CT molecular complexity index is 1080. The largest absolute Gasteiger partial charge is 0.458 e. The van der Waals surface area contributed by atoms with Gasteiger partial charge in [0.05, 0.1) is 6.04 Å². The zero-order valence-corrected chi connectivity index (χ0v) is 14.7. The first kappa shape index (κ1) is 17.7. The fourth-order valence-electron chi connectivity index (χ4n) is 3.32. The SMILES string of the molecule is Cc1ccc(C(=O)C2C(=O)C(=O)N(c3ncccn3)C2c2ccccc2F)o1. The van der Waals surface area contributed by atoms with Crippen molar-refractivity contribution in [3.63, 3.8) is 0 Å². The van der Waals surface area contributed by atoms with Crippen molar-refractivity contribution >= 4 is 23.4 Å². The average Bonchev–Trinajstić information content (AvgIpc) is 3.24. The predicted molar refractivity (Wildman–Crippen MR) is 94.9 cm³/mol. The molecular weight excluding hydrogens is 365 g/mol. The Hall–Kier alpha value is -3.68. The molecule has 1 fully saturated rings. The number of nitrogens with zero attached hydrogens (tertiary/aromatic N) is 3. The van der Waals surface area contributed by atoms with E-state index in [1.54, 1.807) is 19.1 Å². The number of carbonyl (C=O) groups excluding carboxylic acids is 3. The molecule has 0 bridgehead atoms. The second-order valence-corrected chi connectivity index (χ2v) is 6.31. The minimum absolute atomic E-state index is 0.0239. The Labute approximate surface area is 158 Å². The smallest absolute Gasteiger partial charge is 0.298 e. The molecule has 2 unspecified atom stereocenters. The van der Waals surface area contributed by atoms with E-state index >= 15 is 0 Å². The van der Waals surface area contributed by atoms with E-state index in [1.165, 1.54) is 42.7 Å². The van der Waals surface area contributed by atoms with Gasteiger partial charge in [-0.05, 0) is 31.2 Å². The number of carbonyl (C=O) groups is 3. The molecule has 0 N–H and O–H groups in total. The number of amides is 1. The summed E-state index contributed by atoms with van der Waals surface area (Å²) in [5.41, 5.74) is 0.0239. The molecule has 2 aromatic heterocycles. The van der Waals surface area contributed by atoms with Crippen molar-refractivity contribution in [2.24, 2.45) is 5.92 Å². The van der Waals surface area contributed by atoms with Crippen LogP contribution in [0.3, 0.4) is 0 Å². The number of aryl methyl sites for hydroxylation is 1. The highest BCUT2D eigenvalue weighted by Gasteiger charge is 2.54. The van der Waals surface area contributed by atoms with Crippen molar-refractivity contribution in [3.8, 4) is 0 Å². The normalized spacial score (nSPS) is 19.3. The number of furan rings is 1. The van der Waals surface area contributed by atoms with E-state index in [1.807, 2.05) is 0 Å². The van der Waals surface area contributed by atoms with Crippen LogP contribution in [0.25, 0.3) is 0 Å². The number of benzene rings is 1. The summed E-state index contributed by atoms with van der Waals surface area (Å²) >= 11 is 0. The Kier molecular flexibility index (Phi) is 4.31. The van der Waals surface area contributed by atoms with Crippen LogP contribution in [0, 0.1) is 18.7 Å². The van der Waals surface area contributed by atoms with Gasteiger partial charge in [-0.3, -0.25) is 19.3 Å². The van der Waals surface area contributed by atoms with Crippen molar-refractivity contribution in [2.45, 2.75) is 13.0 Å². The topological polar surface area (TPSA) is 93.4 Å². The molecule has 4 rings (SSSR count). The molecule has 7 nitrogen and oxygen atoms in total. The number of aromatic nitrogens is 2. The van der Waals surface area contributed by atoms with E-state index in [9.17, 15) is 18.8 Å². The Morgan fingerprint density at radius 3 is 2.43 bits per heavy atom. The molecule has 140 valence electrons. The Balaban J connectivity index is 1.88. The molecule has 1 aliphatic heterocycles. The summed E-state index contributed by atoms with van der Waals surface area (Å²) in [6, 6.07) is 8.99. The number of halogens is 1. The fraction of sp³-hybridized carbons (Fsp3) is 0.150. The van der Waals surface area contributed by atoms with E-state index in [4.69, 9.17) is 4.42 Å². The van der Waals surface area contributed by atoms with Crippen LogP contribution in [0.4, 0.5) is 10.3 Å². The first-order valence-corrected chi connectivity index (χ1v) is 8.48. The van der Waals surface area contributed by atoms with Crippen LogP contribution in [0.1, 0.15) is 27.9 Å². The summed E-state index contributed by atoms with van der Waals surface area (Å²) in [5, 5.41) is 0. The minimum Gasteiger partial charge on any atom is -0.458 e. The minimum atomic E-state index is -1.47. The molecule has 0 aliphatic carbocycles. The summed E-state index contributed by atoms with van der Waals surface area (Å²) in [5.74, 6) is -4.42. The van der Waals surface area contributed by atoms with Gasteiger partial charge in [-0.15, -0.1) is 0 Å². The first-order chi connectivity index (χ1) is 13.5. The summed E-state index contributed by atoms with van der Waals surface area (Å²) < 4.78 is 19.9. The summed E-state index contributed by atoms with van der Waals surface area (Å²) in [6.45, 7) is 1.65. The molecular formula is C20H14FN3O4. The van der Waals surface area contributed by atoms with E-state index in [-0.39, 0.29) is 17.3 Å². The van der Waals surface area contributed by atoms with Crippen molar-refractivity contribution in [2.75, 3.05) is 4.90 Å². The number of rotatable bonds is 4. The number of hydrogen-bond acceptors (Lipinski definition) is 6. The van der Waals surface area contributed by atoms with Crippen LogP contribution in [-0.4, -0.2) is 27.4 Å². The lowest BCUT2D eigenvalue weighted by Gasteiger charge is -2.25. The molecule has 1 amide bonds. The molecule has 8 heteroatoms.